The fourth-order valence-corrected chi connectivity index (χ4v) is 1.97. The lowest BCUT2D eigenvalue weighted by Crippen LogP contribution is -2.42. The molecule has 2 rings (SSSR count). The molecule has 2 aromatic rings. The van der Waals surface area contributed by atoms with Crippen molar-refractivity contribution in [2.75, 3.05) is 5.32 Å². The Balaban J connectivity index is 2.07. The predicted molar refractivity (Wildman–Crippen MR) is 86.0 cm³/mol. The summed E-state index contributed by atoms with van der Waals surface area (Å²) in [5, 5.41) is 3.49. The predicted octanol–water partition coefficient (Wildman–Crippen LogP) is 4.44. The molecule has 0 unspecified atom stereocenters. The van der Waals surface area contributed by atoms with E-state index >= 15 is 0 Å². The molecule has 1 N–H and O–H groups in total. The van der Waals surface area contributed by atoms with Crippen LogP contribution in [-0.4, -0.2) is 11.5 Å². The van der Waals surface area contributed by atoms with Gasteiger partial charge in [0.15, 0.2) is 5.60 Å². The molecule has 110 valence electrons. The summed E-state index contributed by atoms with van der Waals surface area (Å²) in [6.45, 7) is 5.44. The molecule has 0 radical (unpaired) electrons. The van der Waals surface area contributed by atoms with Crippen LogP contribution in [0.3, 0.4) is 0 Å². The minimum atomic E-state index is -0.989. The van der Waals surface area contributed by atoms with Crippen molar-refractivity contribution in [3.63, 3.8) is 0 Å². The number of carbonyl (C=O) groups excluding carboxylic acids is 1. The highest BCUT2D eigenvalue weighted by Crippen LogP contribution is 2.22. The fourth-order valence-electron chi connectivity index (χ4n) is 1.85. The number of carbonyl (C=O) groups is 1. The van der Waals surface area contributed by atoms with Crippen LogP contribution in [0.5, 0.6) is 5.75 Å². The third-order valence-electron chi connectivity index (χ3n) is 3.01. The lowest BCUT2D eigenvalue weighted by atomic mass is 10.1. The van der Waals surface area contributed by atoms with Crippen LogP contribution in [0.1, 0.15) is 19.4 Å². The first-order valence-corrected chi connectivity index (χ1v) is 7.07. The van der Waals surface area contributed by atoms with Crippen molar-refractivity contribution >= 4 is 23.2 Å². The van der Waals surface area contributed by atoms with E-state index in [9.17, 15) is 4.79 Å². The third-order valence-corrected chi connectivity index (χ3v) is 3.26. The van der Waals surface area contributed by atoms with Crippen molar-refractivity contribution < 1.29 is 9.53 Å². The average molecular weight is 304 g/mol. The number of nitrogens with one attached hydrogen (secondary N) is 1. The number of amides is 1. The first-order chi connectivity index (χ1) is 9.87. The summed E-state index contributed by atoms with van der Waals surface area (Å²) in [6, 6.07) is 14.6. The Morgan fingerprint density at radius 2 is 1.81 bits per heavy atom. The Morgan fingerprint density at radius 3 is 2.43 bits per heavy atom. The van der Waals surface area contributed by atoms with Gasteiger partial charge in [0.1, 0.15) is 5.75 Å². The summed E-state index contributed by atoms with van der Waals surface area (Å²) < 4.78 is 5.75. The second-order valence-corrected chi connectivity index (χ2v) is 5.83. The van der Waals surface area contributed by atoms with Crippen LogP contribution in [0.15, 0.2) is 48.5 Å². The molecule has 4 heteroatoms. The molecule has 2 aromatic carbocycles. The Morgan fingerprint density at radius 1 is 1.14 bits per heavy atom. The lowest BCUT2D eigenvalue weighted by molar-refractivity contribution is -0.128. The highest BCUT2D eigenvalue weighted by atomic mass is 35.5. The van der Waals surface area contributed by atoms with Crippen molar-refractivity contribution in [3.8, 4) is 5.75 Å². The topological polar surface area (TPSA) is 38.3 Å². The zero-order valence-corrected chi connectivity index (χ0v) is 13.1. The number of hydrogen-bond acceptors (Lipinski definition) is 2. The molecule has 0 bridgehead atoms. The van der Waals surface area contributed by atoms with Crippen molar-refractivity contribution in [1.82, 2.24) is 0 Å². The van der Waals surface area contributed by atoms with Crippen LogP contribution in [0, 0.1) is 6.92 Å². The van der Waals surface area contributed by atoms with Crippen LogP contribution >= 0.6 is 11.6 Å². The number of benzene rings is 2. The first-order valence-electron chi connectivity index (χ1n) is 6.69. The zero-order valence-electron chi connectivity index (χ0n) is 12.3. The molecule has 21 heavy (non-hydrogen) atoms. The van der Waals surface area contributed by atoms with Crippen LogP contribution in [0.25, 0.3) is 0 Å². The number of halogens is 1. The molecule has 0 aromatic heterocycles. The Hall–Kier alpha value is -2.00. The molecular weight excluding hydrogens is 286 g/mol. The van der Waals surface area contributed by atoms with Gasteiger partial charge in [-0.3, -0.25) is 4.79 Å². The Labute approximate surface area is 129 Å². The molecule has 0 aliphatic rings. The molecule has 0 saturated carbocycles. The monoisotopic (exact) mass is 303 g/mol. The van der Waals surface area contributed by atoms with Gasteiger partial charge in [0.25, 0.3) is 5.91 Å². The van der Waals surface area contributed by atoms with Crippen molar-refractivity contribution in [1.29, 1.82) is 0 Å². The summed E-state index contributed by atoms with van der Waals surface area (Å²) in [7, 11) is 0. The smallest absolute Gasteiger partial charge is 0.267 e. The van der Waals surface area contributed by atoms with Crippen molar-refractivity contribution in [2.24, 2.45) is 0 Å². The lowest BCUT2D eigenvalue weighted by Gasteiger charge is -2.25. The largest absolute Gasteiger partial charge is 0.478 e. The summed E-state index contributed by atoms with van der Waals surface area (Å²) in [5.41, 5.74) is 0.856. The van der Waals surface area contributed by atoms with Crippen LogP contribution in [-0.2, 0) is 4.79 Å². The van der Waals surface area contributed by atoms with Gasteiger partial charge in [-0.25, -0.2) is 0 Å². The molecule has 1 amide bonds. The van der Waals surface area contributed by atoms with Crippen LogP contribution < -0.4 is 10.1 Å². The maximum Gasteiger partial charge on any atom is 0.267 e. The summed E-state index contributed by atoms with van der Waals surface area (Å²) in [6.07, 6.45) is 0. The molecule has 0 spiro atoms. The second kappa shape index (κ2) is 6.19. The number of hydrogen-bond donors (Lipinski definition) is 1. The van der Waals surface area contributed by atoms with Gasteiger partial charge in [-0.2, -0.15) is 0 Å². The zero-order chi connectivity index (χ0) is 15.5. The van der Waals surface area contributed by atoms with E-state index in [0.29, 0.717) is 10.8 Å². The minimum absolute atomic E-state index is 0.206. The van der Waals surface area contributed by atoms with Gasteiger partial charge in [0, 0.05) is 10.7 Å². The van der Waals surface area contributed by atoms with Gasteiger partial charge >= 0.3 is 0 Å². The summed E-state index contributed by atoms with van der Waals surface area (Å²) in [5.74, 6) is 0.395. The third kappa shape index (κ3) is 4.23. The van der Waals surface area contributed by atoms with E-state index in [1.54, 1.807) is 38.1 Å². The fraction of sp³-hybridized carbons (Fsp3) is 0.235. The van der Waals surface area contributed by atoms with Crippen LogP contribution in [0.4, 0.5) is 5.69 Å². The van der Waals surface area contributed by atoms with E-state index in [1.165, 1.54) is 0 Å². The molecule has 0 saturated heterocycles. The Bertz CT molecular complexity index is 635. The number of anilines is 1. The molecule has 0 aliphatic heterocycles. The van der Waals surface area contributed by atoms with Gasteiger partial charge < -0.3 is 10.1 Å². The molecule has 0 atom stereocenters. The van der Waals surface area contributed by atoms with Gasteiger partial charge in [-0.1, -0.05) is 23.7 Å². The van der Waals surface area contributed by atoms with Crippen LogP contribution in [0.2, 0.25) is 5.02 Å². The normalized spacial score (nSPS) is 11.0. The number of rotatable bonds is 4. The van der Waals surface area contributed by atoms with Gasteiger partial charge in [0.05, 0.1) is 0 Å². The standard InChI is InChI=1S/C17H18ClNO2/c1-12-5-4-6-14(11-12)19-16(20)17(2,3)21-15-9-7-13(18)8-10-15/h4-11H,1-3H3,(H,19,20). The highest BCUT2D eigenvalue weighted by Gasteiger charge is 2.30. The quantitative estimate of drug-likeness (QED) is 0.906. The molecule has 0 heterocycles. The maximum atomic E-state index is 12.4. The molecular formula is C17H18ClNO2. The minimum Gasteiger partial charge on any atom is -0.478 e. The van der Waals surface area contributed by atoms with Gasteiger partial charge in [0.2, 0.25) is 0 Å². The van der Waals surface area contributed by atoms with Crippen molar-refractivity contribution in [2.45, 2.75) is 26.4 Å². The SMILES string of the molecule is Cc1cccc(NC(=O)C(C)(C)Oc2ccc(Cl)cc2)c1. The molecule has 3 nitrogen and oxygen atoms in total. The number of aryl methyl sites for hydroxylation is 1. The highest BCUT2D eigenvalue weighted by molar-refractivity contribution is 6.30. The summed E-state index contributed by atoms with van der Waals surface area (Å²) >= 11 is 5.83. The van der Waals surface area contributed by atoms with E-state index in [2.05, 4.69) is 5.32 Å². The van der Waals surface area contributed by atoms with E-state index < -0.39 is 5.60 Å². The van der Waals surface area contributed by atoms with Crippen molar-refractivity contribution in [3.05, 3.63) is 59.1 Å². The maximum absolute atomic E-state index is 12.4. The Kier molecular flexibility index (Phi) is 4.53. The number of ether oxygens (including phenoxy) is 1. The van der Waals surface area contributed by atoms with E-state index in [4.69, 9.17) is 16.3 Å². The first kappa shape index (κ1) is 15.4. The van der Waals surface area contributed by atoms with E-state index in [0.717, 1.165) is 11.3 Å². The average Bonchev–Trinajstić information content (AvgIpc) is 2.41. The molecule has 0 fully saturated rings. The van der Waals surface area contributed by atoms with Gasteiger partial charge in [-0.15, -0.1) is 0 Å². The second-order valence-electron chi connectivity index (χ2n) is 5.39. The van der Waals surface area contributed by atoms with E-state index in [1.807, 2.05) is 31.2 Å². The summed E-state index contributed by atoms with van der Waals surface area (Å²) in [4.78, 5) is 12.4. The van der Waals surface area contributed by atoms with Gasteiger partial charge in [-0.05, 0) is 62.7 Å². The van der Waals surface area contributed by atoms with E-state index in [-0.39, 0.29) is 5.91 Å². The molecule has 0 aliphatic carbocycles.